The van der Waals surface area contributed by atoms with Crippen LogP contribution in [0.25, 0.3) is 0 Å². The summed E-state index contributed by atoms with van der Waals surface area (Å²) in [5.74, 6) is 0.832. The molecule has 0 saturated heterocycles. The van der Waals surface area contributed by atoms with E-state index in [4.69, 9.17) is 0 Å². The van der Waals surface area contributed by atoms with E-state index >= 15 is 0 Å². The summed E-state index contributed by atoms with van der Waals surface area (Å²) in [6, 6.07) is 0. The van der Waals surface area contributed by atoms with Crippen molar-refractivity contribution in [2.45, 2.75) is 297 Å². The molecule has 0 aliphatic carbocycles. The number of nitrogens with zero attached hydrogens (tertiary/aromatic N) is 3. The molecule has 0 aromatic heterocycles. The zero-order valence-corrected chi connectivity index (χ0v) is 42.1. The molecule has 0 heterocycles. The van der Waals surface area contributed by atoms with Gasteiger partial charge in [-0.3, -0.25) is 9.59 Å². The Morgan fingerprint density at radius 2 is 0.433 bits per heavy atom. The van der Waals surface area contributed by atoms with E-state index in [-0.39, 0.29) is 0 Å². The van der Waals surface area contributed by atoms with Crippen molar-refractivity contribution >= 4 is 11.8 Å². The third-order valence-electron chi connectivity index (χ3n) is 13.2. The lowest BCUT2D eigenvalue weighted by Crippen LogP contribution is -2.32. The molecule has 0 aliphatic rings. The maximum absolute atomic E-state index is 13.3. The molecule has 0 aliphatic heterocycles. The number of unbranched alkanes of at least 4 members (excludes halogenated alkanes) is 34. The van der Waals surface area contributed by atoms with E-state index in [1.54, 1.807) is 0 Å². The molecule has 0 bridgehead atoms. The molecular formula is C55H111N3O2. The molecule has 0 aromatic carbocycles. The highest BCUT2D eigenvalue weighted by Gasteiger charge is 2.14. The summed E-state index contributed by atoms with van der Waals surface area (Å²) in [5, 5.41) is 0. The minimum atomic E-state index is 0.416. The Bertz CT molecular complexity index is 757. The summed E-state index contributed by atoms with van der Waals surface area (Å²) in [5.41, 5.74) is 0. The van der Waals surface area contributed by atoms with Crippen LogP contribution in [-0.2, 0) is 9.59 Å². The highest BCUT2D eigenvalue weighted by molar-refractivity contribution is 5.76. The van der Waals surface area contributed by atoms with Crippen molar-refractivity contribution in [1.29, 1.82) is 0 Å². The predicted molar refractivity (Wildman–Crippen MR) is 267 cm³/mol. The van der Waals surface area contributed by atoms with Gasteiger partial charge >= 0.3 is 0 Å². The van der Waals surface area contributed by atoms with Gasteiger partial charge in [-0.2, -0.15) is 0 Å². The van der Waals surface area contributed by atoms with Crippen molar-refractivity contribution in [3.8, 4) is 0 Å². The van der Waals surface area contributed by atoms with E-state index in [0.29, 0.717) is 11.8 Å². The maximum atomic E-state index is 13.3. The van der Waals surface area contributed by atoms with Gasteiger partial charge in [0.25, 0.3) is 0 Å². The summed E-state index contributed by atoms with van der Waals surface area (Å²) >= 11 is 0. The highest BCUT2D eigenvalue weighted by atomic mass is 16.2. The Kier molecular flexibility index (Phi) is 48.0. The van der Waals surface area contributed by atoms with Crippen LogP contribution in [0.2, 0.25) is 0 Å². The van der Waals surface area contributed by atoms with Gasteiger partial charge in [0, 0.05) is 39.0 Å². The summed E-state index contributed by atoms with van der Waals surface area (Å²) in [4.78, 5) is 33.6. The van der Waals surface area contributed by atoms with E-state index in [2.05, 4.69) is 49.4 Å². The van der Waals surface area contributed by atoms with Crippen molar-refractivity contribution in [1.82, 2.24) is 14.7 Å². The first-order valence-corrected chi connectivity index (χ1v) is 27.7. The SMILES string of the molecule is CCCCCCCCCCN(CCCCCCCCCC)C(=O)CCCCCCN(C)CCCCCCC(=O)N(CCCCCCCCCC)CCCCCCCCCC. The molecule has 5 heteroatoms. The van der Waals surface area contributed by atoms with Gasteiger partial charge in [-0.15, -0.1) is 0 Å². The molecule has 60 heavy (non-hydrogen) atoms. The van der Waals surface area contributed by atoms with Crippen molar-refractivity contribution in [3.63, 3.8) is 0 Å². The van der Waals surface area contributed by atoms with Gasteiger partial charge in [0.1, 0.15) is 0 Å². The summed E-state index contributed by atoms with van der Waals surface area (Å²) < 4.78 is 0. The Morgan fingerprint density at radius 3 is 0.667 bits per heavy atom. The first-order valence-electron chi connectivity index (χ1n) is 27.7. The van der Waals surface area contributed by atoms with Gasteiger partial charge in [-0.05, 0) is 71.5 Å². The lowest BCUT2D eigenvalue weighted by molar-refractivity contribution is -0.132. The van der Waals surface area contributed by atoms with Crippen LogP contribution in [0, 0.1) is 0 Å². The minimum absolute atomic E-state index is 0.416. The fourth-order valence-corrected chi connectivity index (χ4v) is 8.92. The summed E-state index contributed by atoms with van der Waals surface area (Å²) in [7, 11) is 2.27. The van der Waals surface area contributed by atoms with Gasteiger partial charge in [0.15, 0.2) is 0 Å². The van der Waals surface area contributed by atoms with E-state index in [0.717, 1.165) is 65.0 Å². The zero-order chi connectivity index (χ0) is 43.8. The Labute approximate surface area is 378 Å². The second-order valence-corrected chi connectivity index (χ2v) is 19.3. The van der Waals surface area contributed by atoms with Gasteiger partial charge < -0.3 is 14.7 Å². The number of carbonyl (C=O) groups excluding carboxylic acids is 2. The second kappa shape index (κ2) is 48.9. The van der Waals surface area contributed by atoms with Gasteiger partial charge in [0.2, 0.25) is 11.8 Å². The monoisotopic (exact) mass is 846 g/mol. The standard InChI is InChI=1S/C55H111N3O2/c1-6-10-14-18-22-26-32-42-50-57(51-43-33-27-23-19-15-11-7-2)54(59)46-38-30-36-40-48-56(5)49-41-37-31-39-47-55(60)58(52-44-34-28-24-20-16-12-8-3)53-45-35-29-25-21-17-13-9-4/h6-53H2,1-5H3. The molecule has 0 N–H and O–H groups in total. The summed E-state index contributed by atoms with van der Waals surface area (Å²) in [6.07, 6.45) is 53.3. The van der Waals surface area contributed by atoms with Crippen LogP contribution in [0.3, 0.4) is 0 Å². The second-order valence-electron chi connectivity index (χ2n) is 19.3. The van der Waals surface area contributed by atoms with Crippen LogP contribution in [0.4, 0.5) is 0 Å². The molecule has 0 spiro atoms. The van der Waals surface area contributed by atoms with Gasteiger partial charge in [-0.25, -0.2) is 0 Å². The number of hydrogen-bond acceptors (Lipinski definition) is 3. The molecule has 358 valence electrons. The number of rotatable bonds is 50. The average molecular weight is 847 g/mol. The van der Waals surface area contributed by atoms with E-state index in [1.807, 2.05) is 0 Å². The molecule has 0 unspecified atom stereocenters. The van der Waals surface area contributed by atoms with E-state index < -0.39 is 0 Å². The molecule has 0 atom stereocenters. The fourth-order valence-electron chi connectivity index (χ4n) is 8.92. The number of amides is 2. The maximum Gasteiger partial charge on any atom is 0.222 e. The number of hydrogen-bond donors (Lipinski definition) is 0. The predicted octanol–water partition coefficient (Wildman–Crippen LogP) is 17.0. The molecular weight excluding hydrogens is 735 g/mol. The van der Waals surface area contributed by atoms with Crippen LogP contribution in [0.15, 0.2) is 0 Å². The van der Waals surface area contributed by atoms with Crippen molar-refractivity contribution in [2.24, 2.45) is 0 Å². The van der Waals surface area contributed by atoms with E-state index in [9.17, 15) is 9.59 Å². The Hall–Kier alpha value is -1.10. The van der Waals surface area contributed by atoms with Gasteiger partial charge in [0.05, 0.1) is 0 Å². The lowest BCUT2D eigenvalue weighted by atomic mass is 10.1. The zero-order valence-electron chi connectivity index (χ0n) is 42.1. The minimum Gasteiger partial charge on any atom is -0.343 e. The Balaban J connectivity index is 4.30. The first kappa shape index (κ1) is 58.9. The largest absolute Gasteiger partial charge is 0.343 e. The van der Waals surface area contributed by atoms with Crippen LogP contribution in [0.5, 0.6) is 0 Å². The van der Waals surface area contributed by atoms with Crippen molar-refractivity contribution in [2.75, 3.05) is 46.3 Å². The fraction of sp³-hybridized carbons (Fsp3) is 0.964. The van der Waals surface area contributed by atoms with Crippen molar-refractivity contribution < 1.29 is 9.59 Å². The molecule has 2 amide bonds. The molecule has 0 saturated carbocycles. The van der Waals surface area contributed by atoms with Crippen LogP contribution < -0.4 is 0 Å². The molecule has 0 radical (unpaired) electrons. The molecule has 0 rings (SSSR count). The van der Waals surface area contributed by atoms with E-state index in [1.165, 1.54) is 244 Å². The quantitative estimate of drug-likeness (QED) is 0.0573. The third-order valence-corrected chi connectivity index (χ3v) is 13.2. The van der Waals surface area contributed by atoms with Gasteiger partial charge in [-0.1, -0.05) is 233 Å². The third kappa shape index (κ3) is 42.2. The number of carbonyl (C=O) groups is 2. The lowest BCUT2D eigenvalue weighted by Gasteiger charge is -2.23. The average Bonchev–Trinajstić information content (AvgIpc) is 3.25. The molecule has 5 nitrogen and oxygen atoms in total. The Morgan fingerprint density at radius 1 is 0.250 bits per heavy atom. The van der Waals surface area contributed by atoms with Crippen LogP contribution in [-0.4, -0.2) is 72.8 Å². The van der Waals surface area contributed by atoms with Crippen LogP contribution >= 0.6 is 0 Å². The smallest absolute Gasteiger partial charge is 0.222 e. The highest BCUT2D eigenvalue weighted by Crippen LogP contribution is 2.16. The molecule has 0 fully saturated rings. The molecule has 0 aromatic rings. The van der Waals surface area contributed by atoms with Crippen molar-refractivity contribution in [3.05, 3.63) is 0 Å². The first-order chi connectivity index (χ1) is 29.5. The topological polar surface area (TPSA) is 43.9 Å². The van der Waals surface area contributed by atoms with Crippen LogP contribution in [0.1, 0.15) is 297 Å². The summed E-state index contributed by atoms with van der Waals surface area (Å²) in [6.45, 7) is 15.4. The normalized spacial score (nSPS) is 11.6.